The van der Waals surface area contributed by atoms with Crippen molar-refractivity contribution in [2.45, 2.75) is 12.6 Å². The molecule has 0 aliphatic heterocycles. The summed E-state index contributed by atoms with van der Waals surface area (Å²) in [6.07, 6.45) is 0. The number of aromatic carboxylic acids is 1. The number of anilines is 1. The molecule has 192 valence electrons. The molecular weight excluding hydrogens is 507 g/mol. The number of hydrogen-bond acceptors (Lipinski definition) is 7. The van der Waals surface area contributed by atoms with Gasteiger partial charge in [-0.25, -0.2) is 4.79 Å². The standard InChI is InChI=1S/C25H28Cl2N4O5/c26-16-5-7-20(27)19(13-16)23-8-6-17(36-23)14-30-22(15-29-10-12-35-11-9-28)24(32)31-21-4-2-1-3-18(21)25(33)34/h1-8,13,22,29-30H,9-12,14-15,28H2,(H,31,32)(H,33,34). The smallest absolute Gasteiger partial charge is 0.337 e. The zero-order valence-corrected chi connectivity index (χ0v) is 20.9. The van der Waals surface area contributed by atoms with E-state index < -0.39 is 17.9 Å². The first-order valence-electron chi connectivity index (χ1n) is 11.3. The van der Waals surface area contributed by atoms with E-state index >= 15 is 0 Å². The van der Waals surface area contributed by atoms with Crippen molar-refractivity contribution in [1.82, 2.24) is 10.6 Å². The number of amides is 1. The number of carboxylic acids is 1. The molecule has 0 saturated carbocycles. The van der Waals surface area contributed by atoms with Crippen molar-refractivity contribution in [2.75, 3.05) is 38.2 Å². The van der Waals surface area contributed by atoms with E-state index in [0.717, 1.165) is 0 Å². The van der Waals surface area contributed by atoms with Gasteiger partial charge in [0.15, 0.2) is 0 Å². The molecule has 11 heteroatoms. The first-order chi connectivity index (χ1) is 17.4. The fourth-order valence-corrected chi connectivity index (χ4v) is 3.74. The molecule has 2 aromatic carbocycles. The van der Waals surface area contributed by atoms with Crippen LogP contribution in [-0.2, 0) is 16.1 Å². The summed E-state index contributed by atoms with van der Waals surface area (Å²) >= 11 is 12.4. The summed E-state index contributed by atoms with van der Waals surface area (Å²) in [5.74, 6) is -0.404. The van der Waals surface area contributed by atoms with E-state index in [1.165, 1.54) is 6.07 Å². The van der Waals surface area contributed by atoms with Crippen LogP contribution in [0.2, 0.25) is 10.0 Å². The average Bonchev–Trinajstić information content (AvgIpc) is 3.33. The zero-order valence-electron chi connectivity index (χ0n) is 19.4. The van der Waals surface area contributed by atoms with E-state index in [2.05, 4.69) is 16.0 Å². The van der Waals surface area contributed by atoms with Gasteiger partial charge in [-0.2, -0.15) is 0 Å². The Bertz CT molecular complexity index is 1170. The van der Waals surface area contributed by atoms with Crippen LogP contribution in [0.4, 0.5) is 5.69 Å². The lowest BCUT2D eigenvalue weighted by atomic mass is 10.1. The summed E-state index contributed by atoms with van der Waals surface area (Å²) in [4.78, 5) is 24.6. The molecule has 36 heavy (non-hydrogen) atoms. The van der Waals surface area contributed by atoms with E-state index in [1.54, 1.807) is 48.5 Å². The second-order valence-corrected chi connectivity index (χ2v) is 8.61. The van der Waals surface area contributed by atoms with Crippen LogP contribution >= 0.6 is 23.2 Å². The second-order valence-electron chi connectivity index (χ2n) is 7.77. The Kier molecular flexibility index (Phi) is 10.7. The van der Waals surface area contributed by atoms with Gasteiger partial charge in [0.25, 0.3) is 0 Å². The van der Waals surface area contributed by atoms with Crippen LogP contribution < -0.4 is 21.7 Å². The van der Waals surface area contributed by atoms with Gasteiger partial charge in [0.05, 0.1) is 42.1 Å². The molecule has 0 aliphatic rings. The molecule has 1 unspecified atom stereocenters. The Labute approximate surface area is 218 Å². The average molecular weight is 535 g/mol. The molecule has 1 amide bonds. The minimum atomic E-state index is -1.13. The van der Waals surface area contributed by atoms with Gasteiger partial charge in [-0.15, -0.1) is 0 Å². The van der Waals surface area contributed by atoms with Crippen molar-refractivity contribution in [1.29, 1.82) is 0 Å². The van der Waals surface area contributed by atoms with Gasteiger partial charge in [-0.1, -0.05) is 35.3 Å². The number of carbonyl (C=O) groups excluding carboxylic acids is 1. The van der Waals surface area contributed by atoms with Crippen LogP contribution in [0.3, 0.4) is 0 Å². The van der Waals surface area contributed by atoms with Crippen LogP contribution in [0.5, 0.6) is 0 Å². The molecule has 1 atom stereocenters. The minimum absolute atomic E-state index is 0.00169. The highest BCUT2D eigenvalue weighted by Crippen LogP contribution is 2.31. The number of nitrogens with one attached hydrogen (secondary N) is 3. The quantitative estimate of drug-likeness (QED) is 0.197. The van der Waals surface area contributed by atoms with E-state index in [0.29, 0.717) is 53.4 Å². The van der Waals surface area contributed by atoms with Crippen molar-refractivity contribution >= 4 is 40.8 Å². The largest absolute Gasteiger partial charge is 0.478 e. The lowest BCUT2D eigenvalue weighted by Crippen LogP contribution is -2.47. The number of benzene rings is 2. The summed E-state index contributed by atoms with van der Waals surface area (Å²) in [6.45, 7) is 2.34. The Morgan fingerprint density at radius 3 is 2.67 bits per heavy atom. The maximum Gasteiger partial charge on any atom is 0.337 e. The minimum Gasteiger partial charge on any atom is -0.478 e. The van der Waals surface area contributed by atoms with Gasteiger partial charge >= 0.3 is 5.97 Å². The van der Waals surface area contributed by atoms with Crippen molar-refractivity contribution < 1.29 is 23.8 Å². The highest BCUT2D eigenvalue weighted by atomic mass is 35.5. The number of nitrogens with two attached hydrogens (primary N) is 1. The molecule has 0 saturated heterocycles. The molecule has 0 aliphatic carbocycles. The van der Waals surface area contributed by atoms with E-state index in [4.69, 9.17) is 38.1 Å². The normalized spacial score (nSPS) is 11.9. The van der Waals surface area contributed by atoms with Gasteiger partial charge in [0, 0.05) is 30.2 Å². The summed E-state index contributed by atoms with van der Waals surface area (Å²) in [7, 11) is 0. The molecule has 3 aromatic rings. The van der Waals surface area contributed by atoms with Crippen LogP contribution in [0.15, 0.2) is 59.0 Å². The van der Waals surface area contributed by atoms with Gasteiger partial charge < -0.3 is 30.6 Å². The molecule has 0 spiro atoms. The maximum atomic E-state index is 13.1. The fraction of sp³-hybridized carbons (Fsp3) is 0.280. The van der Waals surface area contributed by atoms with Gasteiger partial charge in [-0.3, -0.25) is 10.1 Å². The third-order valence-electron chi connectivity index (χ3n) is 5.14. The van der Waals surface area contributed by atoms with Crippen LogP contribution in [0.1, 0.15) is 16.1 Å². The van der Waals surface area contributed by atoms with E-state index in [-0.39, 0.29) is 24.3 Å². The molecule has 0 fully saturated rings. The van der Waals surface area contributed by atoms with Crippen molar-refractivity contribution in [3.8, 4) is 11.3 Å². The zero-order chi connectivity index (χ0) is 25.9. The first kappa shape index (κ1) is 27.7. The molecule has 9 nitrogen and oxygen atoms in total. The molecule has 1 aromatic heterocycles. The molecule has 3 rings (SSSR count). The topological polar surface area (TPSA) is 139 Å². The number of rotatable bonds is 14. The maximum absolute atomic E-state index is 13.1. The van der Waals surface area contributed by atoms with Crippen LogP contribution in [-0.4, -0.2) is 55.9 Å². The monoisotopic (exact) mass is 534 g/mol. The van der Waals surface area contributed by atoms with E-state index in [9.17, 15) is 14.7 Å². The number of carbonyl (C=O) groups is 2. The predicted octanol–water partition coefficient (Wildman–Crippen LogP) is 3.61. The number of hydrogen-bond donors (Lipinski definition) is 5. The number of ether oxygens (including phenoxy) is 1. The summed E-state index contributed by atoms with van der Waals surface area (Å²) in [6, 6.07) is 14.2. The number of halogens is 2. The van der Waals surface area contributed by atoms with Gasteiger partial charge in [0.2, 0.25) is 5.91 Å². The van der Waals surface area contributed by atoms with Crippen molar-refractivity contribution in [2.24, 2.45) is 5.73 Å². The molecular formula is C25H28Cl2N4O5. The van der Waals surface area contributed by atoms with Crippen LogP contribution in [0.25, 0.3) is 11.3 Å². The Morgan fingerprint density at radius 1 is 1.08 bits per heavy atom. The van der Waals surface area contributed by atoms with Gasteiger partial charge in [-0.05, 0) is 42.5 Å². The summed E-state index contributed by atoms with van der Waals surface area (Å²) < 4.78 is 11.3. The van der Waals surface area contributed by atoms with Gasteiger partial charge in [0.1, 0.15) is 11.5 Å². The summed E-state index contributed by atoms with van der Waals surface area (Å²) in [5.41, 5.74) is 6.29. The van der Waals surface area contributed by atoms with Crippen LogP contribution in [0, 0.1) is 0 Å². The Balaban J connectivity index is 1.67. The molecule has 1 heterocycles. The van der Waals surface area contributed by atoms with Crippen molar-refractivity contribution in [3.63, 3.8) is 0 Å². The third kappa shape index (κ3) is 8.06. The lowest BCUT2D eigenvalue weighted by Gasteiger charge is -2.19. The lowest BCUT2D eigenvalue weighted by molar-refractivity contribution is -0.118. The highest BCUT2D eigenvalue weighted by molar-refractivity contribution is 6.35. The number of para-hydroxylation sites is 1. The van der Waals surface area contributed by atoms with E-state index in [1.807, 2.05) is 0 Å². The Morgan fingerprint density at radius 2 is 1.89 bits per heavy atom. The Hall–Kier alpha value is -2.92. The summed E-state index contributed by atoms with van der Waals surface area (Å²) in [5, 5.41) is 19.5. The second kappa shape index (κ2) is 14.0. The number of furan rings is 1. The molecule has 6 N–H and O–H groups in total. The molecule has 0 bridgehead atoms. The fourth-order valence-electron chi connectivity index (χ4n) is 3.36. The molecule has 0 radical (unpaired) electrons. The first-order valence-corrected chi connectivity index (χ1v) is 12.0. The van der Waals surface area contributed by atoms with Crippen molar-refractivity contribution in [3.05, 3.63) is 76.0 Å². The number of carboxylic acid groups (broad SMARTS) is 1. The third-order valence-corrected chi connectivity index (χ3v) is 5.71. The SMILES string of the molecule is NCCOCCNCC(NCc1ccc(-c2cc(Cl)ccc2Cl)o1)C(=O)Nc1ccccc1C(=O)O. The highest BCUT2D eigenvalue weighted by Gasteiger charge is 2.21. The predicted molar refractivity (Wildman–Crippen MR) is 140 cm³/mol.